The van der Waals surface area contributed by atoms with Gasteiger partial charge in [-0.3, -0.25) is 4.79 Å². The maximum atomic E-state index is 11.2. The molecule has 1 amide bonds. The van der Waals surface area contributed by atoms with Crippen LogP contribution in [0, 0.1) is 0 Å². The Labute approximate surface area is 108 Å². The quantitative estimate of drug-likeness (QED) is 0.876. The number of benzene rings is 1. The predicted octanol–water partition coefficient (Wildman–Crippen LogP) is 1.60. The molecule has 92 valence electrons. The van der Waals surface area contributed by atoms with Crippen LogP contribution < -0.4 is 16.2 Å². The zero-order chi connectivity index (χ0) is 13.1. The molecule has 0 saturated carbocycles. The van der Waals surface area contributed by atoms with E-state index < -0.39 is 5.91 Å². The highest BCUT2D eigenvalue weighted by Crippen LogP contribution is 2.29. The average molecular weight is 265 g/mol. The molecule has 0 saturated heterocycles. The number of nitrogen functional groups attached to an aromatic ring is 1. The van der Waals surface area contributed by atoms with Crippen LogP contribution in [0.15, 0.2) is 30.5 Å². The van der Waals surface area contributed by atoms with E-state index in [0.717, 1.165) is 0 Å². The molecule has 18 heavy (non-hydrogen) atoms. The lowest BCUT2D eigenvalue weighted by Crippen LogP contribution is -2.12. The summed E-state index contributed by atoms with van der Waals surface area (Å²) in [5.74, 6) is -0.266. The second kappa shape index (κ2) is 4.89. The lowest BCUT2D eigenvalue weighted by atomic mass is 10.2. The topological polar surface area (TPSA) is 104 Å². The van der Waals surface area contributed by atoms with E-state index in [1.807, 2.05) is 0 Å². The van der Waals surface area contributed by atoms with Gasteiger partial charge in [-0.2, -0.15) is 4.98 Å². The predicted molar refractivity (Wildman–Crippen MR) is 66.5 cm³/mol. The van der Waals surface area contributed by atoms with Crippen LogP contribution >= 0.6 is 11.6 Å². The maximum Gasteiger partial charge on any atom is 0.252 e. The average Bonchev–Trinajstić information content (AvgIpc) is 2.34. The number of primary amides is 1. The van der Waals surface area contributed by atoms with Crippen molar-refractivity contribution in [2.45, 2.75) is 0 Å². The number of ether oxygens (including phenoxy) is 1. The summed E-state index contributed by atoms with van der Waals surface area (Å²) in [6.45, 7) is 0. The fourth-order valence-corrected chi connectivity index (χ4v) is 1.43. The molecule has 1 aromatic carbocycles. The molecule has 0 aliphatic rings. The first-order chi connectivity index (χ1) is 8.58. The minimum Gasteiger partial charge on any atom is -0.437 e. The molecule has 2 aromatic rings. The molecular formula is C11H9ClN4O2. The molecule has 1 heterocycles. The molecule has 0 unspecified atom stereocenters. The SMILES string of the molecule is NC(=O)c1ccccc1Oc1nc(N)ncc1Cl. The zero-order valence-corrected chi connectivity index (χ0v) is 9.89. The van der Waals surface area contributed by atoms with Gasteiger partial charge in [-0.05, 0) is 12.1 Å². The van der Waals surface area contributed by atoms with Crippen molar-refractivity contribution in [3.8, 4) is 11.6 Å². The first-order valence-electron chi connectivity index (χ1n) is 4.92. The van der Waals surface area contributed by atoms with E-state index in [2.05, 4.69) is 9.97 Å². The van der Waals surface area contributed by atoms with Crippen LogP contribution in [0.3, 0.4) is 0 Å². The van der Waals surface area contributed by atoms with Crippen molar-refractivity contribution in [3.05, 3.63) is 41.0 Å². The highest BCUT2D eigenvalue weighted by molar-refractivity contribution is 6.31. The van der Waals surface area contributed by atoms with Gasteiger partial charge in [0, 0.05) is 0 Å². The fourth-order valence-electron chi connectivity index (χ4n) is 1.30. The number of aromatic nitrogens is 2. The molecule has 0 fully saturated rings. The monoisotopic (exact) mass is 264 g/mol. The first-order valence-corrected chi connectivity index (χ1v) is 5.30. The Balaban J connectivity index is 2.40. The smallest absolute Gasteiger partial charge is 0.252 e. The largest absolute Gasteiger partial charge is 0.437 e. The van der Waals surface area contributed by atoms with Crippen LogP contribution in [0.5, 0.6) is 11.6 Å². The normalized spacial score (nSPS) is 10.1. The number of carbonyl (C=O) groups excluding carboxylic acids is 1. The van der Waals surface area contributed by atoms with Crippen molar-refractivity contribution in [2.24, 2.45) is 5.73 Å². The molecule has 2 rings (SSSR count). The van der Waals surface area contributed by atoms with Gasteiger partial charge in [0.05, 0.1) is 11.8 Å². The Kier molecular flexibility index (Phi) is 3.29. The fraction of sp³-hybridized carbons (Fsp3) is 0. The number of nitrogens with zero attached hydrogens (tertiary/aromatic N) is 2. The first kappa shape index (κ1) is 12.1. The van der Waals surface area contributed by atoms with Crippen molar-refractivity contribution in [1.82, 2.24) is 9.97 Å². The third kappa shape index (κ3) is 2.49. The van der Waals surface area contributed by atoms with Gasteiger partial charge in [0.15, 0.2) is 0 Å². The van der Waals surface area contributed by atoms with E-state index >= 15 is 0 Å². The van der Waals surface area contributed by atoms with Gasteiger partial charge < -0.3 is 16.2 Å². The zero-order valence-electron chi connectivity index (χ0n) is 9.13. The van der Waals surface area contributed by atoms with Gasteiger partial charge in [0.2, 0.25) is 11.8 Å². The molecule has 0 spiro atoms. The molecule has 4 N–H and O–H groups in total. The Morgan fingerprint density at radius 3 is 2.78 bits per heavy atom. The molecule has 7 heteroatoms. The summed E-state index contributed by atoms with van der Waals surface area (Å²) in [4.78, 5) is 18.7. The van der Waals surface area contributed by atoms with Crippen molar-refractivity contribution < 1.29 is 9.53 Å². The lowest BCUT2D eigenvalue weighted by Gasteiger charge is -2.09. The molecule has 6 nitrogen and oxygen atoms in total. The van der Waals surface area contributed by atoms with E-state index in [1.165, 1.54) is 12.3 Å². The number of anilines is 1. The molecule has 0 bridgehead atoms. The number of hydrogen-bond acceptors (Lipinski definition) is 5. The summed E-state index contributed by atoms with van der Waals surface area (Å²) < 4.78 is 5.42. The molecule has 0 atom stereocenters. The van der Waals surface area contributed by atoms with E-state index in [1.54, 1.807) is 18.2 Å². The number of carbonyl (C=O) groups is 1. The summed E-state index contributed by atoms with van der Waals surface area (Å²) in [5, 5.41) is 0.184. The highest BCUT2D eigenvalue weighted by Gasteiger charge is 2.12. The number of nitrogens with two attached hydrogens (primary N) is 2. The second-order valence-corrected chi connectivity index (χ2v) is 3.75. The van der Waals surface area contributed by atoms with Crippen LogP contribution in [-0.2, 0) is 0 Å². The Morgan fingerprint density at radius 1 is 1.33 bits per heavy atom. The summed E-state index contributed by atoms with van der Waals surface area (Å²) >= 11 is 5.86. The molecule has 1 aromatic heterocycles. The van der Waals surface area contributed by atoms with E-state index in [-0.39, 0.29) is 28.2 Å². The number of hydrogen-bond donors (Lipinski definition) is 2. The maximum absolute atomic E-state index is 11.2. The number of amides is 1. The Hall–Kier alpha value is -2.34. The molecule has 0 aliphatic carbocycles. The number of para-hydroxylation sites is 1. The van der Waals surface area contributed by atoms with Crippen LogP contribution in [0.25, 0.3) is 0 Å². The van der Waals surface area contributed by atoms with Gasteiger partial charge in [-0.15, -0.1) is 0 Å². The van der Waals surface area contributed by atoms with Crippen molar-refractivity contribution in [1.29, 1.82) is 0 Å². The summed E-state index contributed by atoms with van der Waals surface area (Å²) in [7, 11) is 0. The van der Waals surface area contributed by atoms with Gasteiger partial charge in [-0.25, -0.2) is 4.98 Å². The van der Waals surface area contributed by atoms with Crippen LogP contribution in [-0.4, -0.2) is 15.9 Å². The Bertz CT molecular complexity index is 603. The molecule has 0 radical (unpaired) electrons. The third-order valence-electron chi connectivity index (χ3n) is 2.09. The molecular weight excluding hydrogens is 256 g/mol. The van der Waals surface area contributed by atoms with E-state index in [9.17, 15) is 4.79 Å². The number of halogens is 1. The van der Waals surface area contributed by atoms with Crippen LogP contribution in [0.2, 0.25) is 5.02 Å². The van der Waals surface area contributed by atoms with Crippen LogP contribution in [0.1, 0.15) is 10.4 Å². The highest BCUT2D eigenvalue weighted by atomic mass is 35.5. The summed E-state index contributed by atoms with van der Waals surface area (Å²) in [6, 6.07) is 6.48. The minimum absolute atomic E-state index is 0.0194. The van der Waals surface area contributed by atoms with Crippen molar-refractivity contribution >= 4 is 23.5 Å². The second-order valence-electron chi connectivity index (χ2n) is 3.34. The summed E-state index contributed by atoms with van der Waals surface area (Å²) in [6.07, 6.45) is 1.31. The minimum atomic E-state index is -0.608. The van der Waals surface area contributed by atoms with Gasteiger partial charge in [-0.1, -0.05) is 23.7 Å². The van der Waals surface area contributed by atoms with Crippen molar-refractivity contribution in [2.75, 3.05) is 5.73 Å². The lowest BCUT2D eigenvalue weighted by molar-refractivity contribution is 0.0998. The van der Waals surface area contributed by atoms with Gasteiger partial charge in [0.25, 0.3) is 5.91 Å². The van der Waals surface area contributed by atoms with Crippen LogP contribution in [0.4, 0.5) is 5.95 Å². The standard InChI is InChI=1S/C11H9ClN4O2/c12-7-5-15-11(14)16-10(7)18-8-4-2-1-3-6(8)9(13)17/h1-5H,(H2,13,17)(H2,14,15,16). The molecule has 0 aliphatic heterocycles. The third-order valence-corrected chi connectivity index (χ3v) is 2.35. The number of rotatable bonds is 3. The van der Waals surface area contributed by atoms with E-state index in [0.29, 0.717) is 0 Å². The Morgan fingerprint density at radius 2 is 2.06 bits per heavy atom. The summed E-state index contributed by atoms with van der Waals surface area (Å²) in [5.41, 5.74) is 10.9. The van der Waals surface area contributed by atoms with E-state index in [4.69, 9.17) is 27.8 Å². The van der Waals surface area contributed by atoms with Gasteiger partial charge in [0.1, 0.15) is 10.8 Å². The van der Waals surface area contributed by atoms with Crippen molar-refractivity contribution in [3.63, 3.8) is 0 Å². The van der Waals surface area contributed by atoms with Gasteiger partial charge >= 0.3 is 0 Å².